The van der Waals surface area contributed by atoms with Gasteiger partial charge in [0.25, 0.3) is 0 Å². The molecule has 0 spiro atoms. The van der Waals surface area contributed by atoms with Gasteiger partial charge in [-0.25, -0.2) is 0 Å². The van der Waals surface area contributed by atoms with Crippen molar-refractivity contribution in [1.29, 1.82) is 0 Å². The van der Waals surface area contributed by atoms with E-state index < -0.39 is 6.04 Å². The summed E-state index contributed by atoms with van der Waals surface area (Å²) in [5, 5.41) is 5.07. The van der Waals surface area contributed by atoms with E-state index in [2.05, 4.69) is 16.0 Å². The van der Waals surface area contributed by atoms with Crippen molar-refractivity contribution in [1.82, 2.24) is 9.88 Å². The van der Waals surface area contributed by atoms with Crippen LogP contribution in [0.5, 0.6) is 0 Å². The Labute approximate surface area is 203 Å². The zero-order chi connectivity index (χ0) is 23.8. The van der Waals surface area contributed by atoms with Crippen LogP contribution in [0.3, 0.4) is 0 Å². The highest BCUT2D eigenvalue weighted by Crippen LogP contribution is 2.44. The number of carbonyl (C=O) groups excluding carboxylic acids is 2. The summed E-state index contributed by atoms with van der Waals surface area (Å²) in [5.74, 6) is 0.0181. The standard InChI is InChI=1S/C28H27N3O2S/c1-18-13-14-19(2)23(15-18)31-24(32)17-34-28-25(21-11-7-8-12-22(21)30(28)3)26(31)27(33)29-16-20-9-5-4-6-10-20/h4-15,26H,16-17H2,1-3H3,(H,29,33). The quantitative estimate of drug-likeness (QED) is 0.442. The monoisotopic (exact) mass is 469 g/mol. The van der Waals surface area contributed by atoms with E-state index in [0.717, 1.165) is 43.9 Å². The lowest BCUT2D eigenvalue weighted by Gasteiger charge is -2.31. The van der Waals surface area contributed by atoms with Gasteiger partial charge in [0.2, 0.25) is 11.8 Å². The predicted molar refractivity (Wildman–Crippen MR) is 138 cm³/mol. The van der Waals surface area contributed by atoms with Crippen LogP contribution < -0.4 is 10.2 Å². The highest BCUT2D eigenvalue weighted by molar-refractivity contribution is 8.00. The molecule has 0 bridgehead atoms. The van der Waals surface area contributed by atoms with Crippen molar-refractivity contribution >= 4 is 40.2 Å². The molecule has 1 aliphatic rings. The Morgan fingerprint density at radius 3 is 2.56 bits per heavy atom. The van der Waals surface area contributed by atoms with Crippen molar-refractivity contribution in [2.24, 2.45) is 7.05 Å². The Balaban J connectivity index is 1.68. The molecule has 0 saturated carbocycles. The fraction of sp³-hybridized carbons (Fsp3) is 0.214. The summed E-state index contributed by atoms with van der Waals surface area (Å²) in [6, 6.07) is 23.2. The summed E-state index contributed by atoms with van der Waals surface area (Å²) < 4.78 is 2.10. The van der Waals surface area contributed by atoms with E-state index in [1.165, 1.54) is 11.8 Å². The SMILES string of the molecule is Cc1ccc(C)c(N2C(=O)CSc3c(c4ccccc4n3C)C2C(=O)NCc2ccccc2)c1. The molecule has 1 aliphatic heterocycles. The maximum Gasteiger partial charge on any atom is 0.248 e. The molecule has 0 fully saturated rings. The van der Waals surface area contributed by atoms with Gasteiger partial charge in [-0.15, -0.1) is 0 Å². The van der Waals surface area contributed by atoms with E-state index in [4.69, 9.17) is 0 Å². The van der Waals surface area contributed by atoms with Crippen LogP contribution in [0.15, 0.2) is 77.8 Å². The number of hydrogen-bond acceptors (Lipinski definition) is 3. The van der Waals surface area contributed by atoms with Crippen LogP contribution in [0.2, 0.25) is 0 Å². The summed E-state index contributed by atoms with van der Waals surface area (Å²) >= 11 is 1.51. The minimum absolute atomic E-state index is 0.0705. The lowest BCUT2D eigenvalue weighted by Crippen LogP contribution is -2.44. The first kappa shape index (κ1) is 22.3. The van der Waals surface area contributed by atoms with E-state index in [1.807, 2.05) is 87.6 Å². The van der Waals surface area contributed by atoms with Crippen LogP contribution in [0.25, 0.3) is 10.9 Å². The van der Waals surface area contributed by atoms with Crippen molar-refractivity contribution in [3.05, 3.63) is 95.1 Å². The predicted octanol–water partition coefficient (Wildman–Crippen LogP) is 5.29. The van der Waals surface area contributed by atoms with Crippen LogP contribution in [-0.4, -0.2) is 22.1 Å². The summed E-state index contributed by atoms with van der Waals surface area (Å²) in [5.41, 5.74) is 5.75. The zero-order valence-corrected chi connectivity index (χ0v) is 20.4. The number of hydrogen-bond donors (Lipinski definition) is 1. The number of thioether (sulfide) groups is 1. The zero-order valence-electron chi connectivity index (χ0n) is 19.5. The number of carbonyl (C=O) groups is 2. The number of fused-ring (bicyclic) bond motifs is 3. The van der Waals surface area contributed by atoms with Crippen molar-refractivity contribution in [2.75, 3.05) is 10.7 Å². The molecule has 1 unspecified atom stereocenters. The Morgan fingerprint density at radius 2 is 1.76 bits per heavy atom. The second kappa shape index (κ2) is 9.03. The molecule has 34 heavy (non-hydrogen) atoms. The van der Waals surface area contributed by atoms with Gasteiger partial charge in [0.05, 0.1) is 10.8 Å². The molecule has 1 N–H and O–H groups in total. The second-order valence-corrected chi connectivity index (χ2v) is 9.71. The Hall–Kier alpha value is -3.51. The van der Waals surface area contributed by atoms with E-state index in [9.17, 15) is 9.59 Å². The third kappa shape index (κ3) is 3.88. The van der Waals surface area contributed by atoms with Gasteiger partial charge in [-0.1, -0.05) is 72.4 Å². The van der Waals surface area contributed by atoms with Gasteiger partial charge in [0.1, 0.15) is 6.04 Å². The molecule has 0 saturated heterocycles. The molecule has 4 aromatic rings. The topological polar surface area (TPSA) is 54.3 Å². The van der Waals surface area contributed by atoms with Gasteiger partial charge in [-0.05, 0) is 42.7 Å². The number of amides is 2. The number of aromatic nitrogens is 1. The number of rotatable bonds is 4. The van der Waals surface area contributed by atoms with Gasteiger partial charge in [0.15, 0.2) is 0 Å². The molecular formula is C28H27N3O2S. The highest BCUT2D eigenvalue weighted by Gasteiger charge is 2.40. The molecule has 5 rings (SSSR count). The maximum atomic E-state index is 13.9. The second-order valence-electron chi connectivity index (χ2n) is 8.74. The number of anilines is 1. The average Bonchev–Trinajstić information content (AvgIpc) is 3.02. The van der Waals surface area contributed by atoms with Crippen LogP contribution in [-0.2, 0) is 23.2 Å². The van der Waals surface area contributed by atoms with E-state index >= 15 is 0 Å². The minimum Gasteiger partial charge on any atom is -0.350 e. The molecular weight excluding hydrogens is 442 g/mol. The Bertz CT molecular complexity index is 1390. The molecule has 172 valence electrons. The molecule has 0 aliphatic carbocycles. The van der Waals surface area contributed by atoms with Gasteiger partial charge in [-0.2, -0.15) is 0 Å². The summed E-state index contributed by atoms with van der Waals surface area (Å²) in [7, 11) is 2.01. The molecule has 3 aromatic carbocycles. The first-order valence-electron chi connectivity index (χ1n) is 11.4. The van der Waals surface area contributed by atoms with Gasteiger partial charge >= 0.3 is 0 Å². The minimum atomic E-state index is -0.771. The van der Waals surface area contributed by atoms with Crippen molar-refractivity contribution in [2.45, 2.75) is 31.5 Å². The third-order valence-electron chi connectivity index (χ3n) is 6.41. The van der Waals surface area contributed by atoms with Crippen LogP contribution in [0.4, 0.5) is 5.69 Å². The van der Waals surface area contributed by atoms with Gasteiger partial charge in [0, 0.05) is 35.7 Å². The normalized spacial score (nSPS) is 15.8. The van der Waals surface area contributed by atoms with Gasteiger partial charge < -0.3 is 9.88 Å². The Kier molecular flexibility index (Phi) is 5.92. The van der Waals surface area contributed by atoms with E-state index in [-0.39, 0.29) is 17.6 Å². The molecule has 5 nitrogen and oxygen atoms in total. The number of benzene rings is 3. The van der Waals surface area contributed by atoms with Crippen molar-refractivity contribution < 1.29 is 9.59 Å². The lowest BCUT2D eigenvalue weighted by atomic mass is 10.00. The first-order chi connectivity index (χ1) is 16.5. The average molecular weight is 470 g/mol. The smallest absolute Gasteiger partial charge is 0.248 e. The number of nitrogens with one attached hydrogen (secondary N) is 1. The maximum absolute atomic E-state index is 13.9. The fourth-order valence-corrected chi connectivity index (χ4v) is 5.76. The molecule has 2 heterocycles. The van der Waals surface area contributed by atoms with Crippen molar-refractivity contribution in [3.63, 3.8) is 0 Å². The summed E-state index contributed by atoms with van der Waals surface area (Å²) in [4.78, 5) is 29.3. The fourth-order valence-electron chi connectivity index (χ4n) is 4.69. The molecule has 1 atom stereocenters. The third-order valence-corrected chi connectivity index (χ3v) is 7.56. The number of para-hydroxylation sites is 1. The Morgan fingerprint density at radius 1 is 1.03 bits per heavy atom. The largest absolute Gasteiger partial charge is 0.350 e. The summed E-state index contributed by atoms with van der Waals surface area (Å²) in [6.07, 6.45) is 0. The van der Waals surface area contributed by atoms with Crippen LogP contribution >= 0.6 is 11.8 Å². The van der Waals surface area contributed by atoms with E-state index in [0.29, 0.717) is 6.54 Å². The molecule has 0 radical (unpaired) electrons. The van der Waals surface area contributed by atoms with Crippen LogP contribution in [0, 0.1) is 13.8 Å². The molecule has 6 heteroatoms. The number of aryl methyl sites for hydroxylation is 3. The van der Waals surface area contributed by atoms with Crippen LogP contribution in [0.1, 0.15) is 28.3 Å². The van der Waals surface area contributed by atoms with Crippen molar-refractivity contribution in [3.8, 4) is 0 Å². The molecule has 1 aromatic heterocycles. The van der Waals surface area contributed by atoms with Gasteiger partial charge in [-0.3, -0.25) is 14.5 Å². The lowest BCUT2D eigenvalue weighted by molar-refractivity contribution is -0.125. The summed E-state index contributed by atoms with van der Waals surface area (Å²) in [6.45, 7) is 4.40. The van der Waals surface area contributed by atoms with E-state index in [1.54, 1.807) is 4.90 Å². The molecule has 2 amide bonds. The number of nitrogens with zero attached hydrogens (tertiary/aromatic N) is 2. The first-order valence-corrected chi connectivity index (χ1v) is 12.4. The highest BCUT2D eigenvalue weighted by atomic mass is 32.2.